The molecule has 15 heavy (non-hydrogen) atoms. The molecule has 0 N–H and O–H groups in total. The van der Waals surface area contributed by atoms with Gasteiger partial charge in [-0.2, -0.15) is 0 Å². The normalized spacial score (nSPS) is 9.80. The first-order valence-corrected chi connectivity index (χ1v) is 5.15. The quantitative estimate of drug-likeness (QED) is 0.125. The number of allylic oxidation sites excluding steroid dienone is 1. The maximum atomic E-state index is 9.37. The van der Waals surface area contributed by atoms with Crippen LogP contribution in [-0.2, 0) is 29.5 Å². The molecular weight excluding hydrogens is 306 g/mol. The molecule has 0 amide bonds. The maximum absolute atomic E-state index is 9.37. The molecule has 0 spiro atoms. The van der Waals surface area contributed by atoms with E-state index >= 15 is 0 Å². The molecule has 0 atom stereocenters. The molecule has 0 rings (SSSR count). The number of rotatable bonds is 3. The zero-order valence-corrected chi connectivity index (χ0v) is 16.2. The van der Waals surface area contributed by atoms with E-state index < -0.39 is 20.8 Å². The van der Waals surface area contributed by atoms with Crippen LogP contribution in [0.2, 0.25) is 0 Å². The second-order valence-electron chi connectivity index (χ2n) is 1.36. The van der Waals surface area contributed by atoms with E-state index in [0.29, 0.717) is 0 Å². The zero-order valence-electron chi connectivity index (χ0n) is 8.37. The van der Waals surface area contributed by atoms with Crippen molar-refractivity contribution in [1.29, 1.82) is 0 Å². The van der Waals surface area contributed by atoms with Gasteiger partial charge >= 0.3 is 103 Å². The molecule has 0 aliphatic carbocycles. The Kier molecular flexibility index (Phi) is 23.2. The molecule has 0 saturated carbocycles. The number of hydrogen-bond acceptors (Lipinski definition) is 8. The van der Waals surface area contributed by atoms with Crippen LogP contribution in [0.1, 0.15) is 6.92 Å². The first-order valence-electron chi connectivity index (χ1n) is 2.49. The van der Waals surface area contributed by atoms with Gasteiger partial charge in [0.25, 0.3) is 0 Å². The summed E-state index contributed by atoms with van der Waals surface area (Å²) in [6.45, 7) is 5.25. The van der Waals surface area contributed by atoms with Crippen LogP contribution >= 0.6 is 0 Å². The van der Waals surface area contributed by atoms with E-state index in [2.05, 4.69) is 15.2 Å². The number of hydrogen-bond donors (Lipinski definition) is 0. The van der Waals surface area contributed by atoms with Crippen LogP contribution in [0, 0.1) is 0 Å². The average molecular weight is 312 g/mol. The zero-order chi connectivity index (χ0) is 11.1. The standard InChI is InChI=1S/C3H6.2K.H2O8S2/c1-3-2;;;1-9(2,3)7-8-10(4,5)6/h3H,1H2,2H3;;;(H,1,2,3)(H,4,5,6)/q;2*+1;/p-2. The Morgan fingerprint density at radius 2 is 1.13 bits per heavy atom. The summed E-state index contributed by atoms with van der Waals surface area (Å²) in [5.41, 5.74) is 0. The molecule has 0 bridgehead atoms. The predicted molar refractivity (Wildman–Crippen MR) is 37.4 cm³/mol. The van der Waals surface area contributed by atoms with Crippen LogP contribution in [0.3, 0.4) is 0 Å². The van der Waals surface area contributed by atoms with E-state index in [4.69, 9.17) is 0 Å². The molecule has 0 radical (unpaired) electrons. The first-order chi connectivity index (χ1) is 5.62. The molecular formula is C3H6K2O8S2. The molecule has 12 heteroatoms. The molecule has 0 saturated heterocycles. The first kappa shape index (κ1) is 26.3. The van der Waals surface area contributed by atoms with Gasteiger partial charge in [-0.25, -0.2) is 16.8 Å². The van der Waals surface area contributed by atoms with Crippen molar-refractivity contribution in [3.63, 3.8) is 0 Å². The van der Waals surface area contributed by atoms with Gasteiger partial charge in [-0.3, -0.25) is 0 Å². The van der Waals surface area contributed by atoms with E-state index in [1.807, 2.05) is 6.92 Å². The molecule has 0 aliphatic rings. The summed E-state index contributed by atoms with van der Waals surface area (Å²) in [4.78, 5) is 0. The smallest absolute Gasteiger partial charge is 0.724 e. The van der Waals surface area contributed by atoms with Crippen LogP contribution in [0.25, 0.3) is 0 Å². The van der Waals surface area contributed by atoms with Crippen molar-refractivity contribution in [3.05, 3.63) is 12.7 Å². The van der Waals surface area contributed by atoms with Crippen LogP contribution in [0.4, 0.5) is 0 Å². The van der Waals surface area contributed by atoms with Crippen molar-refractivity contribution in [2.24, 2.45) is 0 Å². The summed E-state index contributed by atoms with van der Waals surface area (Å²) in [6, 6.07) is 0. The van der Waals surface area contributed by atoms with Crippen molar-refractivity contribution >= 4 is 20.8 Å². The van der Waals surface area contributed by atoms with Crippen LogP contribution < -0.4 is 103 Å². The SMILES string of the molecule is C=CC.O=S(=O)([O-])OOS(=O)(=O)[O-].[K+].[K+]. The fourth-order valence-electron chi connectivity index (χ4n) is 0.0680. The Balaban J connectivity index is -0.000000108. The topological polar surface area (TPSA) is 133 Å². The summed E-state index contributed by atoms with van der Waals surface area (Å²) in [5.74, 6) is 0. The molecule has 0 aromatic carbocycles. The fraction of sp³-hybridized carbons (Fsp3) is 0.333. The molecule has 0 aliphatic heterocycles. The van der Waals surface area contributed by atoms with E-state index in [1.54, 1.807) is 6.08 Å². The van der Waals surface area contributed by atoms with Crippen molar-refractivity contribution in [2.75, 3.05) is 0 Å². The minimum atomic E-state index is -5.31. The summed E-state index contributed by atoms with van der Waals surface area (Å²) >= 11 is 0. The van der Waals surface area contributed by atoms with Crippen molar-refractivity contribution in [3.8, 4) is 0 Å². The van der Waals surface area contributed by atoms with Gasteiger partial charge in [0.1, 0.15) is 0 Å². The van der Waals surface area contributed by atoms with Crippen LogP contribution in [0.15, 0.2) is 12.7 Å². The molecule has 0 heterocycles. The summed E-state index contributed by atoms with van der Waals surface area (Å²) in [7, 11) is -10.6. The minimum absolute atomic E-state index is 0. The third-order valence-electron chi connectivity index (χ3n) is 0.194. The Morgan fingerprint density at radius 1 is 1.00 bits per heavy atom. The van der Waals surface area contributed by atoms with Crippen LogP contribution in [-0.4, -0.2) is 25.9 Å². The average Bonchev–Trinajstić information content (AvgIpc) is 1.82. The molecule has 8 nitrogen and oxygen atoms in total. The van der Waals surface area contributed by atoms with E-state index in [1.165, 1.54) is 0 Å². The largest absolute Gasteiger partial charge is 1.00 e. The van der Waals surface area contributed by atoms with Crippen molar-refractivity contribution in [1.82, 2.24) is 0 Å². The van der Waals surface area contributed by atoms with Crippen LogP contribution in [0.5, 0.6) is 0 Å². The van der Waals surface area contributed by atoms with Gasteiger partial charge in [-0.1, -0.05) is 6.08 Å². The Labute approximate surface area is 173 Å². The van der Waals surface area contributed by atoms with Gasteiger partial charge in [0.05, 0.1) is 0 Å². The third-order valence-corrected chi connectivity index (χ3v) is 0.750. The molecule has 0 aromatic heterocycles. The van der Waals surface area contributed by atoms with Gasteiger partial charge in [0, 0.05) is 0 Å². The summed E-state index contributed by atoms with van der Waals surface area (Å²) in [5, 5.41) is 0. The van der Waals surface area contributed by atoms with Gasteiger partial charge < -0.3 is 9.11 Å². The maximum Gasteiger partial charge on any atom is 1.00 e. The second kappa shape index (κ2) is 13.2. The molecule has 0 aromatic rings. The Hall–Kier alpha value is 2.75. The Morgan fingerprint density at radius 3 is 1.20 bits per heavy atom. The van der Waals surface area contributed by atoms with E-state index in [0.717, 1.165) is 0 Å². The predicted octanol–water partition coefficient (Wildman–Crippen LogP) is -6.94. The van der Waals surface area contributed by atoms with Gasteiger partial charge in [-0.05, 0) is 6.92 Å². The van der Waals surface area contributed by atoms with E-state index in [9.17, 15) is 25.9 Å². The second-order valence-corrected chi connectivity index (χ2v) is 3.27. The van der Waals surface area contributed by atoms with Gasteiger partial charge in [0.15, 0.2) is 0 Å². The molecule has 0 unspecified atom stereocenters. The fourth-order valence-corrected chi connectivity index (χ4v) is 0.612. The summed E-state index contributed by atoms with van der Waals surface area (Å²) in [6.07, 6.45) is 1.75. The molecule has 80 valence electrons. The van der Waals surface area contributed by atoms with E-state index in [-0.39, 0.29) is 103 Å². The minimum Gasteiger partial charge on any atom is -0.724 e. The molecule has 0 fully saturated rings. The summed E-state index contributed by atoms with van der Waals surface area (Å²) < 4.78 is 61.5. The third kappa shape index (κ3) is 38.3. The van der Waals surface area contributed by atoms with Gasteiger partial charge in [-0.15, -0.1) is 15.2 Å². The monoisotopic (exact) mass is 312 g/mol. The van der Waals surface area contributed by atoms with Crippen molar-refractivity contribution < 1.29 is 137 Å². The van der Waals surface area contributed by atoms with Crippen molar-refractivity contribution in [2.45, 2.75) is 6.92 Å². The van der Waals surface area contributed by atoms with Gasteiger partial charge in [0.2, 0.25) is 20.8 Å². The Bertz CT molecular complexity index is 299.